The van der Waals surface area contributed by atoms with Crippen molar-refractivity contribution in [1.29, 1.82) is 0 Å². The molecule has 0 aliphatic rings. The highest BCUT2D eigenvalue weighted by molar-refractivity contribution is 6.43. The summed E-state index contributed by atoms with van der Waals surface area (Å²) in [5.41, 5.74) is 6.03. The smallest absolute Gasteiger partial charge is 0.406 e. The third-order valence-corrected chi connectivity index (χ3v) is 8.78. The number of rotatable bonds is 18. The van der Waals surface area contributed by atoms with E-state index < -0.39 is 19.8 Å². The highest BCUT2D eigenvalue weighted by Crippen LogP contribution is 2.26. The topological polar surface area (TPSA) is 107 Å². The highest BCUT2D eigenvalue weighted by Gasteiger charge is 2.31. The Bertz CT molecular complexity index is 1960. The van der Waals surface area contributed by atoms with E-state index in [1.807, 2.05) is 64.2 Å². The average molecular weight is 766 g/mol. The molecule has 0 unspecified atom stereocenters. The first-order chi connectivity index (χ1) is 26.2. The van der Waals surface area contributed by atoms with Gasteiger partial charge in [-0.1, -0.05) is 41.6 Å². The zero-order chi connectivity index (χ0) is 40.0. The van der Waals surface area contributed by atoms with Gasteiger partial charge in [-0.15, -0.1) is 18.3 Å². The van der Waals surface area contributed by atoms with Crippen LogP contribution in [-0.2, 0) is 18.3 Å². The van der Waals surface area contributed by atoms with Crippen molar-refractivity contribution in [3.63, 3.8) is 0 Å². The molecule has 16 heteroatoms. The lowest BCUT2D eigenvalue weighted by molar-refractivity contribution is -0.274. The molecule has 0 saturated carbocycles. The van der Waals surface area contributed by atoms with Gasteiger partial charge in [-0.05, 0) is 112 Å². The first-order valence-electron chi connectivity index (χ1n) is 17.9. The monoisotopic (exact) mass is 765 g/mol. The van der Waals surface area contributed by atoms with Crippen LogP contribution in [0.15, 0.2) is 89.5 Å². The van der Waals surface area contributed by atoms with Crippen molar-refractivity contribution in [2.24, 2.45) is 12.0 Å². The second kappa shape index (κ2) is 20.2. The minimum absolute atomic E-state index is 0.00189. The third-order valence-electron chi connectivity index (χ3n) is 8.78. The number of carbonyl (C=O) groups excluding carboxylic acids is 2. The van der Waals surface area contributed by atoms with Gasteiger partial charge in [0.05, 0.1) is 6.20 Å². The molecule has 0 atom stereocenters. The van der Waals surface area contributed by atoms with E-state index in [2.05, 4.69) is 35.9 Å². The van der Waals surface area contributed by atoms with Gasteiger partial charge < -0.3 is 19.5 Å². The number of carbonyl (C=O) groups is 2. The number of unbranched alkanes of at least 4 members (excludes halogenated alkanes) is 2. The fraction of sp³-hybridized carbons (Fsp3) is 0.359. The van der Waals surface area contributed by atoms with Crippen molar-refractivity contribution in [3.8, 4) is 17.0 Å². The van der Waals surface area contributed by atoms with Crippen LogP contribution in [0.3, 0.4) is 0 Å². The average Bonchev–Trinajstić information content (AvgIpc) is 3.72. The molecule has 10 nitrogen and oxygen atoms in total. The van der Waals surface area contributed by atoms with Crippen LogP contribution in [0.1, 0.15) is 61.5 Å². The number of alkyl halides is 3. The number of aromatic nitrogens is 4. The van der Waals surface area contributed by atoms with Crippen LogP contribution in [0, 0.1) is 13.8 Å². The molecule has 0 fully saturated rings. The summed E-state index contributed by atoms with van der Waals surface area (Å²) in [4.78, 5) is 31.2. The summed E-state index contributed by atoms with van der Waals surface area (Å²) in [5.74, 6) is -0.655. The number of nitrogens with zero attached hydrogens (tertiary/aromatic N) is 6. The molecule has 0 saturated heterocycles. The molecule has 2 amide bonds. The van der Waals surface area contributed by atoms with Crippen molar-refractivity contribution in [1.82, 2.24) is 29.8 Å². The Kier molecular flexibility index (Phi) is 15.5. The Morgan fingerprint density at radius 3 is 2.36 bits per heavy atom. The summed E-state index contributed by atoms with van der Waals surface area (Å²) in [7, 11) is -0.928. The summed E-state index contributed by atoms with van der Waals surface area (Å²) < 4.78 is 71.0. The van der Waals surface area contributed by atoms with Crippen LogP contribution in [0.2, 0.25) is 0 Å². The highest BCUT2D eigenvalue weighted by atomic mass is 19.4. The molecule has 0 aliphatic heterocycles. The largest absolute Gasteiger partial charge is 0.692 e. The van der Waals surface area contributed by atoms with Gasteiger partial charge in [0, 0.05) is 55.8 Å². The lowest BCUT2D eigenvalue weighted by atomic mass is 10.1. The van der Waals surface area contributed by atoms with Crippen molar-refractivity contribution >= 4 is 31.1 Å². The van der Waals surface area contributed by atoms with Gasteiger partial charge in [0.1, 0.15) is 11.4 Å². The predicted molar refractivity (Wildman–Crippen MR) is 204 cm³/mol. The summed E-state index contributed by atoms with van der Waals surface area (Å²) >= 11 is 0. The van der Waals surface area contributed by atoms with E-state index in [-0.39, 0.29) is 30.2 Å². The molecule has 2 aromatic heterocycles. The van der Waals surface area contributed by atoms with Gasteiger partial charge in [0.15, 0.2) is 0 Å². The number of hydrogen-bond donors (Lipinski definition) is 1. The van der Waals surface area contributed by atoms with Crippen LogP contribution in [0.5, 0.6) is 5.75 Å². The van der Waals surface area contributed by atoms with E-state index in [1.54, 1.807) is 11.0 Å². The quantitative estimate of drug-likeness (QED) is 0.0360. The molecule has 0 bridgehead atoms. The number of ether oxygens (including phenoxy) is 1. The fourth-order valence-corrected chi connectivity index (χ4v) is 5.79. The van der Waals surface area contributed by atoms with Crippen molar-refractivity contribution in [2.45, 2.75) is 65.7 Å². The number of aryl methyl sites for hydroxylation is 2. The first-order valence-corrected chi connectivity index (χ1v) is 17.9. The SMILES string of the molecule is CC(/C=C\C(CCC(=O)NCCCCCN(CCc1ccccc1)C(=O)n1cc(-c2ccc(OC(F)(F)F)cc2)nn1)=N\B(F)F)=C\c1c(C)cc(C)n1C. The maximum atomic E-state index is 13.5. The van der Waals surface area contributed by atoms with Gasteiger partial charge >= 0.3 is 19.8 Å². The van der Waals surface area contributed by atoms with E-state index in [4.69, 9.17) is 0 Å². The van der Waals surface area contributed by atoms with Crippen molar-refractivity contribution in [2.75, 3.05) is 19.6 Å². The molecule has 55 heavy (non-hydrogen) atoms. The molecule has 0 spiro atoms. The van der Waals surface area contributed by atoms with Crippen molar-refractivity contribution in [3.05, 3.63) is 107 Å². The third kappa shape index (κ3) is 14.0. The van der Waals surface area contributed by atoms with Crippen molar-refractivity contribution < 1.29 is 36.1 Å². The van der Waals surface area contributed by atoms with Crippen LogP contribution in [0.25, 0.3) is 17.3 Å². The lowest BCUT2D eigenvalue weighted by Gasteiger charge is -2.22. The Hall–Kier alpha value is -5.54. The molecule has 2 heterocycles. The van der Waals surface area contributed by atoms with Gasteiger partial charge in [-0.3, -0.25) is 18.3 Å². The van der Waals surface area contributed by atoms with Gasteiger partial charge in [0.2, 0.25) is 5.91 Å². The van der Waals surface area contributed by atoms with E-state index in [0.717, 1.165) is 44.9 Å². The Labute approximate surface area is 318 Å². The van der Waals surface area contributed by atoms with E-state index in [9.17, 15) is 31.4 Å². The molecule has 4 rings (SSSR count). The first kappa shape index (κ1) is 42.2. The number of hydrogen-bond acceptors (Lipinski definition) is 6. The number of amides is 2. The predicted octanol–water partition coefficient (Wildman–Crippen LogP) is 8.40. The van der Waals surface area contributed by atoms with Gasteiger partial charge in [-0.2, -0.15) is 4.68 Å². The Morgan fingerprint density at radius 2 is 1.71 bits per heavy atom. The Morgan fingerprint density at radius 1 is 0.982 bits per heavy atom. The summed E-state index contributed by atoms with van der Waals surface area (Å²) in [6, 6.07) is 16.4. The van der Waals surface area contributed by atoms with E-state index in [0.29, 0.717) is 56.6 Å². The lowest BCUT2D eigenvalue weighted by Crippen LogP contribution is -2.37. The molecule has 4 aromatic rings. The van der Waals surface area contributed by atoms with Crippen LogP contribution >= 0.6 is 0 Å². The fourth-order valence-electron chi connectivity index (χ4n) is 5.79. The Balaban J connectivity index is 1.26. The van der Waals surface area contributed by atoms with Crippen LogP contribution in [-0.4, -0.2) is 75.5 Å². The number of halogens is 5. The molecule has 0 radical (unpaired) electrons. The van der Waals surface area contributed by atoms with Gasteiger partial charge in [-0.25, -0.2) is 4.79 Å². The van der Waals surface area contributed by atoms with Gasteiger partial charge in [0.25, 0.3) is 0 Å². The van der Waals surface area contributed by atoms with E-state index in [1.165, 1.54) is 24.4 Å². The summed E-state index contributed by atoms with van der Waals surface area (Å²) in [6.45, 7) is 7.07. The molecule has 292 valence electrons. The second-order valence-electron chi connectivity index (χ2n) is 13.1. The van der Waals surface area contributed by atoms with Crippen LogP contribution < -0.4 is 10.1 Å². The normalized spacial score (nSPS) is 12.3. The molecular weight excluding hydrogens is 720 g/mol. The maximum Gasteiger partial charge on any atom is 0.692 e. The maximum absolute atomic E-state index is 13.5. The van der Waals surface area contributed by atoms with Crippen LogP contribution in [0.4, 0.5) is 26.6 Å². The summed E-state index contributed by atoms with van der Waals surface area (Å²) in [6.07, 6.45) is 4.43. The molecule has 0 aliphatic carbocycles. The second-order valence-corrected chi connectivity index (χ2v) is 13.1. The summed E-state index contributed by atoms with van der Waals surface area (Å²) in [5, 5.41) is 10.8. The minimum atomic E-state index is -4.81. The molecular formula is C39H45BF5N7O3. The molecule has 1 N–H and O–H groups in total. The zero-order valence-electron chi connectivity index (χ0n) is 31.3. The standard InChI is InChI=1S/C39H45BF5N7O3/c1-28(25-36-29(2)26-30(3)50(36)4)13-16-33(47-40(44)45)17-20-37(53)46-22-9-6-10-23-51(24-21-31-11-7-5-8-12-31)38(54)52-27-35(48-49-52)32-14-18-34(19-15-32)55-39(41,42)43/h5,7-8,11-16,18-19,25-27H,6,9-10,17,20-24H2,1-4H3,(H,46,53)/b16-13-,28-25+,47-33-. The minimum Gasteiger partial charge on any atom is -0.406 e. The molecule has 2 aromatic carbocycles. The van der Waals surface area contributed by atoms with E-state index >= 15 is 0 Å². The number of allylic oxidation sites excluding steroid dienone is 3. The number of benzene rings is 2. The zero-order valence-corrected chi connectivity index (χ0v) is 31.3. The number of nitrogens with one attached hydrogen (secondary N) is 1.